The number of thioether (sulfide) groups is 1. The normalized spacial score (nSPS) is 25.5. The molecule has 11 heteroatoms. The van der Waals surface area contributed by atoms with Gasteiger partial charge in [-0.2, -0.15) is 4.99 Å². The van der Waals surface area contributed by atoms with Gasteiger partial charge in [0.05, 0.1) is 29.0 Å². The molecule has 1 aromatic carbocycles. The molecule has 0 aromatic heterocycles. The number of nitrogens with zero attached hydrogens (tertiary/aromatic N) is 2. The maximum Gasteiger partial charge on any atom is 0.303 e. The molecule has 2 aliphatic heterocycles. The number of carbonyl (C=O) groups is 2. The van der Waals surface area contributed by atoms with E-state index in [1.54, 1.807) is 0 Å². The van der Waals surface area contributed by atoms with E-state index in [1.165, 1.54) is 17.0 Å². The van der Waals surface area contributed by atoms with E-state index < -0.39 is 33.6 Å². The number of carbonyl (C=O) groups excluding carboxylic acids is 1. The number of rotatable bonds is 4. The zero-order chi connectivity index (χ0) is 19.1. The molecule has 3 rings (SSSR count). The van der Waals surface area contributed by atoms with E-state index in [-0.39, 0.29) is 39.8 Å². The molecule has 2 unspecified atom stereocenters. The topological polar surface area (TPSA) is 104 Å². The van der Waals surface area contributed by atoms with E-state index in [0.717, 1.165) is 17.8 Å². The fraction of sp³-hybridized carbons (Fsp3) is 0.400. The Morgan fingerprint density at radius 3 is 2.73 bits per heavy atom. The molecule has 1 aromatic rings. The molecule has 2 saturated heterocycles. The van der Waals surface area contributed by atoms with Crippen molar-refractivity contribution in [2.45, 2.75) is 24.1 Å². The number of amides is 1. The zero-order valence-electron chi connectivity index (χ0n) is 13.3. The number of carboxylic acids is 1. The van der Waals surface area contributed by atoms with Crippen LogP contribution in [-0.2, 0) is 19.4 Å². The van der Waals surface area contributed by atoms with Gasteiger partial charge in [0.15, 0.2) is 15.0 Å². The van der Waals surface area contributed by atoms with Crippen molar-refractivity contribution in [3.05, 3.63) is 29.0 Å². The molecule has 0 aliphatic carbocycles. The Hall–Kier alpha value is -1.65. The van der Waals surface area contributed by atoms with Crippen LogP contribution in [0, 0.1) is 5.82 Å². The summed E-state index contributed by atoms with van der Waals surface area (Å²) in [4.78, 5) is 28.0. The number of carboxylic acid groups (broad SMARTS) is 1. The lowest BCUT2D eigenvalue weighted by Gasteiger charge is -2.24. The number of anilines is 1. The first-order valence-electron chi connectivity index (χ1n) is 7.61. The average Bonchev–Trinajstić information content (AvgIpc) is 2.99. The standard InChI is InChI=1S/C15H14ClFN2O5S2/c16-9-2-1-8(5-10(9)17)19-11-6-26(23,24)7-12(11)25-15(19)18-13(20)3-4-14(21)22/h1-2,5,11-12H,3-4,6-7H2,(H,21,22). The number of hydrogen-bond donors (Lipinski definition) is 1. The largest absolute Gasteiger partial charge is 0.481 e. The summed E-state index contributed by atoms with van der Waals surface area (Å²) in [6.45, 7) is 0. The van der Waals surface area contributed by atoms with Gasteiger partial charge in [0.25, 0.3) is 0 Å². The lowest BCUT2D eigenvalue weighted by atomic mass is 10.2. The zero-order valence-corrected chi connectivity index (χ0v) is 15.7. The van der Waals surface area contributed by atoms with Crippen LogP contribution in [0.5, 0.6) is 0 Å². The molecule has 0 bridgehead atoms. The fourth-order valence-electron chi connectivity index (χ4n) is 2.88. The highest BCUT2D eigenvalue weighted by atomic mass is 35.5. The van der Waals surface area contributed by atoms with Crippen molar-refractivity contribution in [3.63, 3.8) is 0 Å². The van der Waals surface area contributed by atoms with Crippen molar-refractivity contribution >= 4 is 55.9 Å². The summed E-state index contributed by atoms with van der Waals surface area (Å²) in [5.74, 6) is -2.60. The van der Waals surface area contributed by atoms with Crippen LogP contribution < -0.4 is 4.90 Å². The molecule has 2 aliphatic rings. The highest BCUT2D eigenvalue weighted by Gasteiger charge is 2.49. The second-order valence-electron chi connectivity index (χ2n) is 5.95. The molecular formula is C15H14ClFN2O5S2. The Balaban J connectivity index is 1.94. The quantitative estimate of drug-likeness (QED) is 0.793. The molecule has 1 N–H and O–H groups in total. The van der Waals surface area contributed by atoms with Crippen LogP contribution in [0.2, 0.25) is 5.02 Å². The molecular weight excluding hydrogens is 407 g/mol. The summed E-state index contributed by atoms with van der Waals surface area (Å²) in [6, 6.07) is 3.55. The predicted octanol–water partition coefficient (Wildman–Crippen LogP) is 1.95. The van der Waals surface area contributed by atoms with Crippen LogP contribution in [0.1, 0.15) is 12.8 Å². The second kappa shape index (κ2) is 7.16. The molecule has 1 amide bonds. The van der Waals surface area contributed by atoms with Crippen molar-refractivity contribution in [2.75, 3.05) is 16.4 Å². The van der Waals surface area contributed by atoms with Crippen LogP contribution >= 0.6 is 23.4 Å². The minimum Gasteiger partial charge on any atom is -0.481 e. The summed E-state index contributed by atoms with van der Waals surface area (Å²) >= 11 is 6.83. The lowest BCUT2D eigenvalue weighted by molar-refractivity contribution is -0.138. The molecule has 0 radical (unpaired) electrons. The number of aliphatic carboxylic acids is 1. The number of aliphatic imine (C=N–C) groups is 1. The molecule has 2 atom stereocenters. The van der Waals surface area contributed by atoms with Crippen molar-refractivity contribution in [1.82, 2.24) is 0 Å². The number of benzene rings is 1. The third-order valence-corrected chi connectivity index (χ3v) is 7.54. The van der Waals surface area contributed by atoms with Gasteiger partial charge < -0.3 is 10.0 Å². The first-order chi connectivity index (χ1) is 12.2. The van der Waals surface area contributed by atoms with Crippen molar-refractivity contribution in [1.29, 1.82) is 0 Å². The lowest BCUT2D eigenvalue weighted by Crippen LogP contribution is -2.37. The van der Waals surface area contributed by atoms with Crippen LogP contribution in [-0.4, -0.2) is 53.4 Å². The van der Waals surface area contributed by atoms with Gasteiger partial charge in [-0.1, -0.05) is 23.4 Å². The smallest absolute Gasteiger partial charge is 0.303 e. The minimum atomic E-state index is -3.24. The Kier molecular flexibility index (Phi) is 5.27. The third kappa shape index (κ3) is 4.02. The summed E-state index contributed by atoms with van der Waals surface area (Å²) in [5, 5.41) is 8.50. The number of sulfone groups is 1. The van der Waals surface area contributed by atoms with Gasteiger partial charge >= 0.3 is 5.97 Å². The molecule has 2 heterocycles. The van der Waals surface area contributed by atoms with Gasteiger partial charge in [-0.05, 0) is 18.2 Å². The van der Waals surface area contributed by atoms with E-state index >= 15 is 0 Å². The van der Waals surface area contributed by atoms with E-state index in [1.807, 2.05) is 0 Å². The van der Waals surface area contributed by atoms with E-state index in [0.29, 0.717) is 5.69 Å². The number of fused-ring (bicyclic) bond motifs is 1. The molecule has 140 valence electrons. The minimum absolute atomic E-state index is 0.0583. The van der Waals surface area contributed by atoms with Gasteiger partial charge in [0, 0.05) is 17.4 Å². The van der Waals surface area contributed by atoms with E-state index in [9.17, 15) is 22.4 Å². The SMILES string of the molecule is O=C(O)CCC(=O)N=C1SC2CS(=O)(=O)CC2N1c1ccc(Cl)c(F)c1. The maximum absolute atomic E-state index is 13.9. The number of amidine groups is 1. The average molecular weight is 421 g/mol. The van der Waals surface area contributed by atoms with E-state index in [4.69, 9.17) is 16.7 Å². The third-order valence-electron chi connectivity index (χ3n) is 4.02. The van der Waals surface area contributed by atoms with Crippen molar-refractivity contribution < 1.29 is 27.5 Å². The van der Waals surface area contributed by atoms with Gasteiger partial charge in [0.1, 0.15) is 5.82 Å². The molecule has 0 spiro atoms. The highest BCUT2D eigenvalue weighted by Crippen LogP contribution is 2.41. The molecule has 0 saturated carbocycles. The first-order valence-corrected chi connectivity index (χ1v) is 10.7. The van der Waals surface area contributed by atoms with Crippen LogP contribution in [0.25, 0.3) is 0 Å². The second-order valence-corrected chi connectivity index (χ2v) is 9.72. The molecule has 26 heavy (non-hydrogen) atoms. The van der Waals surface area contributed by atoms with Gasteiger partial charge in [-0.3, -0.25) is 9.59 Å². The predicted molar refractivity (Wildman–Crippen MR) is 97.0 cm³/mol. The Morgan fingerprint density at radius 1 is 1.35 bits per heavy atom. The monoisotopic (exact) mass is 420 g/mol. The molecule has 2 fully saturated rings. The summed E-state index contributed by atoms with van der Waals surface area (Å²) in [6.07, 6.45) is -0.618. The van der Waals surface area contributed by atoms with Crippen molar-refractivity contribution in [2.24, 2.45) is 4.99 Å². The van der Waals surface area contributed by atoms with Gasteiger partial charge in [0.2, 0.25) is 5.91 Å². The van der Waals surface area contributed by atoms with Gasteiger partial charge in [-0.25, -0.2) is 12.8 Å². The number of hydrogen-bond acceptors (Lipinski definition) is 5. The number of halogens is 2. The maximum atomic E-state index is 13.9. The first kappa shape index (κ1) is 19.1. The van der Waals surface area contributed by atoms with Crippen LogP contribution in [0.15, 0.2) is 23.2 Å². The molecule has 7 nitrogen and oxygen atoms in total. The fourth-order valence-corrected chi connectivity index (χ4v) is 6.93. The Morgan fingerprint density at radius 2 is 2.08 bits per heavy atom. The summed E-state index contributed by atoms with van der Waals surface area (Å²) < 4.78 is 37.8. The van der Waals surface area contributed by atoms with Crippen molar-refractivity contribution in [3.8, 4) is 0 Å². The van der Waals surface area contributed by atoms with Gasteiger partial charge in [-0.15, -0.1) is 0 Å². The summed E-state index contributed by atoms with van der Waals surface area (Å²) in [5.41, 5.74) is 0.341. The Labute approximate surface area is 158 Å². The van der Waals surface area contributed by atoms with E-state index in [2.05, 4.69) is 4.99 Å². The van der Waals surface area contributed by atoms with Crippen LogP contribution in [0.3, 0.4) is 0 Å². The summed E-state index contributed by atoms with van der Waals surface area (Å²) in [7, 11) is -3.24. The Bertz CT molecular complexity index is 905. The highest BCUT2D eigenvalue weighted by molar-refractivity contribution is 8.16. The van der Waals surface area contributed by atoms with Crippen LogP contribution in [0.4, 0.5) is 10.1 Å².